The second-order valence-electron chi connectivity index (χ2n) is 19.1. The number of fused-ring (bicyclic) bond motifs is 6. The van der Waals surface area contributed by atoms with Gasteiger partial charge in [0.2, 0.25) is 0 Å². The van der Waals surface area contributed by atoms with Crippen molar-refractivity contribution in [2.75, 3.05) is 4.90 Å². The summed E-state index contributed by atoms with van der Waals surface area (Å²) in [5, 5.41) is 5.25. The molecular weight excluding hydrogens is 757 g/mol. The van der Waals surface area contributed by atoms with Gasteiger partial charge >= 0.3 is 0 Å². The van der Waals surface area contributed by atoms with Gasteiger partial charge in [-0.3, -0.25) is 0 Å². The van der Waals surface area contributed by atoms with Gasteiger partial charge in [-0.05, 0) is 149 Å². The van der Waals surface area contributed by atoms with Crippen LogP contribution in [-0.2, 0) is 5.41 Å². The fourth-order valence-corrected chi connectivity index (χ4v) is 16.0. The van der Waals surface area contributed by atoms with Crippen LogP contribution in [0.4, 0.5) is 17.1 Å². The molecule has 290 valence electrons. The van der Waals surface area contributed by atoms with Crippen LogP contribution in [0, 0.1) is 28.6 Å². The van der Waals surface area contributed by atoms with Crippen LogP contribution in [0.25, 0.3) is 69.9 Å². The zero-order chi connectivity index (χ0) is 39.7. The van der Waals surface area contributed by atoms with E-state index in [1.807, 2.05) is 11.3 Å². The first-order valence-electron chi connectivity index (χ1n) is 22.3. The Kier molecular flexibility index (Phi) is 6.27. The van der Waals surface area contributed by atoms with Crippen LogP contribution in [0.3, 0.4) is 0 Å². The highest BCUT2D eigenvalue weighted by atomic mass is 32.1. The van der Waals surface area contributed by atoms with Crippen molar-refractivity contribution in [2.24, 2.45) is 28.6 Å². The summed E-state index contributed by atoms with van der Waals surface area (Å²) in [6.45, 7) is 0. The smallest absolute Gasteiger partial charge is 0.0541 e. The summed E-state index contributed by atoms with van der Waals surface area (Å²) in [5.74, 6) is 2.99. The van der Waals surface area contributed by atoms with E-state index in [1.54, 1.807) is 5.56 Å². The molecule has 10 aromatic rings. The highest BCUT2D eigenvalue weighted by Crippen LogP contribution is 3.08. The van der Waals surface area contributed by atoms with Gasteiger partial charge in [0.15, 0.2) is 0 Å². The van der Waals surface area contributed by atoms with Crippen LogP contribution in [0.1, 0.15) is 31.2 Å². The number of benzene rings is 8. The predicted octanol–water partition coefficient (Wildman–Crippen LogP) is 15.6. The quantitative estimate of drug-likeness (QED) is 0.156. The minimum atomic E-state index is 0.398. The number of aromatic nitrogens is 1. The molecule has 8 aromatic carbocycles. The van der Waals surface area contributed by atoms with Gasteiger partial charge in [-0.1, -0.05) is 121 Å². The maximum atomic E-state index is 2.58. The van der Waals surface area contributed by atoms with E-state index in [0.29, 0.717) is 5.41 Å². The van der Waals surface area contributed by atoms with Crippen molar-refractivity contribution in [1.82, 2.24) is 4.57 Å². The van der Waals surface area contributed by atoms with Crippen LogP contribution in [-0.4, -0.2) is 4.57 Å². The third-order valence-electron chi connectivity index (χ3n) is 16.8. The number of para-hydroxylation sites is 2. The molecule has 0 saturated heterocycles. The summed E-state index contributed by atoms with van der Waals surface area (Å²) in [7, 11) is 0. The summed E-state index contributed by atoms with van der Waals surface area (Å²) in [6.07, 6.45) is 5.87. The molecule has 0 bridgehead atoms. The van der Waals surface area contributed by atoms with Crippen LogP contribution in [0.15, 0.2) is 188 Å². The average Bonchev–Trinajstić information content (AvgIpc) is 3.63. The Morgan fingerprint density at radius 2 is 1.16 bits per heavy atom. The van der Waals surface area contributed by atoms with Crippen LogP contribution >= 0.6 is 11.3 Å². The average molecular weight is 799 g/mol. The lowest BCUT2D eigenvalue weighted by atomic mass is 9.40. The maximum Gasteiger partial charge on any atom is 0.0541 e. The number of hydrogen-bond acceptors (Lipinski definition) is 2. The first-order chi connectivity index (χ1) is 30.1. The minimum absolute atomic E-state index is 0.398. The Labute approximate surface area is 359 Å². The van der Waals surface area contributed by atoms with Gasteiger partial charge in [0, 0.05) is 59.1 Å². The molecule has 5 saturated carbocycles. The van der Waals surface area contributed by atoms with E-state index in [0.717, 1.165) is 28.6 Å². The SMILES string of the molecule is c1cc(-c2ccc(N(c3ccc(-c4cccc5c4sc4ccccc45)cc3)c3cccc(C45C[C@@H]6CC7C[C@@]8(C4)C5[C@]768)c3)cc2)cc(-n2c3ccccc3c3ccccc32)c1. The fourth-order valence-electron chi connectivity index (χ4n) is 14.8. The van der Waals surface area contributed by atoms with E-state index in [4.69, 9.17) is 0 Å². The van der Waals surface area contributed by atoms with E-state index in [1.165, 1.54) is 113 Å². The first-order valence-corrected chi connectivity index (χ1v) is 23.1. The second-order valence-corrected chi connectivity index (χ2v) is 20.1. The largest absolute Gasteiger partial charge is 0.310 e. The molecule has 2 nitrogen and oxygen atoms in total. The van der Waals surface area contributed by atoms with E-state index in [-0.39, 0.29) is 0 Å². The third-order valence-corrected chi connectivity index (χ3v) is 18.0. The summed E-state index contributed by atoms with van der Waals surface area (Å²) < 4.78 is 5.11. The molecular formula is C58H42N2S. The van der Waals surface area contributed by atoms with E-state index < -0.39 is 0 Å². The number of hydrogen-bond donors (Lipinski definition) is 0. The van der Waals surface area contributed by atoms with E-state index in [9.17, 15) is 0 Å². The van der Waals surface area contributed by atoms with Crippen molar-refractivity contribution in [2.45, 2.75) is 31.1 Å². The molecule has 2 heterocycles. The van der Waals surface area contributed by atoms with Gasteiger partial charge in [0.1, 0.15) is 0 Å². The number of rotatable bonds is 7. The molecule has 0 aliphatic heterocycles. The molecule has 5 aliphatic rings. The molecule has 5 aliphatic carbocycles. The van der Waals surface area contributed by atoms with Gasteiger partial charge in [0.25, 0.3) is 0 Å². The number of thiophene rings is 1. The third kappa shape index (κ3) is 4.05. The second kappa shape index (κ2) is 11.5. The lowest BCUT2D eigenvalue weighted by Gasteiger charge is -2.64. The summed E-state index contributed by atoms with van der Waals surface area (Å²) in [4.78, 5) is 2.50. The van der Waals surface area contributed by atoms with Crippen molar-refractivity contribution in [3.8, 4) is 27.9 Å². The van der Waals surface area contributed by atoms with Crippen molar-refractivity contribution in [3.63, 3.8) is 0 Å². The fraction of sp³-hybridized carbons (Fsp3) is 0.172. The van der Waals surface area contributed by atoms with Gasteiger partial charge in [-0.15, -0.1) is 11.3 Å². The highest BCUT2D eigenvalue weighted by molar-refractivity contribution is 7.26. The van der Waals surface area contributed by atoms with E-state index >= 15 is 0 Å². The lowest BCUT2D eigenvalue weighted by molar-refractivity contribution is -0.135. The molecule has 3 unspecified atom stereocenters. The predicted molar refractivity (Wildman–Crippen MR) is 255 cm³/mol. The Hall–Kier alpha value is -6.42. The Morgan fingerprint density at radius 3 is 1.90 bits per heavy atom. The monoisotopic (exact) mass is 798 g/mol. The molecule has 61 heavy (non-hydrogen) atoms. The standard InChI is InChI=1S/C58H42N2S/c1-4-19-51-47(14-1)48-15-2-5-20-52(48)60(51)44-12-7-10-38(30-44)36-22-26-42(27-23-36)59(45-13-8-11-39(32-45)56-33-40-31-41-34-57(35-56)55(56)58(40,41)57)43-28-24-37(25-29-43)46-17-9-18-50-49-16-3-6-21-53(49)61-54(46)50/h1-30,32,40-41,55H,31,33-35H2/t40-,41?,55?,56?,57+,58+/m0/s1. The highest BCUT2D eigenvalue weighted by Gasteiger charge is 3.04. The Balaban J connectivity index is 0.825. The van der Waals surface area contributed by atoms with E-state index in [2.05, 4.69) is 198 Å². The zero-order valence-corrected chi connectivity index (χ0v) is 34.6. The maximum absolute atomic E-state index is 2.58. The van der Waals surface area contributed by atoms with Crippen LogP contribution < -0.4 is 4.90 Å². The Morgan fingerprint density at radius 1 is 0.508 bits per heavy atom. The molecule has 2 spiro atoms. The molecule has 0 N–H and O–H groups in total. The number of anilines is 3. The minimum Gasteiger partial charge on any atom is -0.310 e. The van der Waals surface area contributed by atoms with Crippen molar-refractivity contribution >= 4 is 70.4 Å². The summed E-state index contributed by atoms with van der Waals surface area (Å²) in [5.41, 5.74) is 15.7. The van der Waals surface area contributed by atoms with Gasteiger partial charge in [-0.25, -0.2) is 0 Å². The normalized spacial score (nSPS) is 26.1. The van der Waals surface area contributed by atoms with Gasteiger partial charge < -0.3 is 9.47 Å². The summed E-state index contributed by atoms with van der Waals surface area (Å²) >= 11 is 1.90. The first kappa shape index (κ1) is 33.3. The zero-order valence-electron chi connectivity index (χ0n) is 33.8. The molecule has 0 radical (unpaired) electrons. The molecule has 3 heteroatoms. The molecule has 0 amide bonds. The Bertz CT molecular complexity index is 3430. The number of nitrogens with zero attached hydrogens (tertiary/aromatic N) is 2. The molecule has 5 fully saturated rings. The van der Waals surface area contributed by atoms with Crippen LogP contribution in [0.2, 0.25) is 0 Å². The van der Waals surface area contributed by atoms with Gasteiger partial charge in [0.05, 0.1) is 11.0 Å². The van der Waals surface area contributed by atoms with Crippen molar-refractivity contribution in [1.29, 1.82) is 0 Å². The van der Waals surface area contributed by atoms with Gasteiger partial charge in [-0.2, -0.15) is 0 Å². The van der Waals surface area contributed by atoms with Crippen LogP contribution in [0.5, 0.6) is 0 Å². The summed E-state index contributed by atoms with van der Waals surface area (Å²) in [6, 6.07) is 70.6. The molecule has 15 rings (SSSR count). The topological polar surface area (TPSA) is 8.17 Å². The molecule has 6 atom stereocenters. The molecule has 2 aromatic heterocycles. The van der Waals surface area contributed by atoms with Crippen molar-refractivity contribution in [3.05, 3.63) is 194 Å². The van der Waals surface area contributed by atoms with Crippen molar-refractivity contribution < 1.29 is 0 Å². The lowest BCUT2D eigenvalue weighted by Crippen LogP contribution is -2.58.